The van der Waals surface area contributed by atoms with Crippen molar-refractivity contribution in [2.45, 2.75) is 0 Å². The first-order chi connectivity index (χ1) is 5.25. The van der Waals surface area contributed by atoms with E-state index in [2.05, 4.69) is 8.93 Å². The van der Waals surface area contributed by atoms with Crippen molar-refractivity contribution in [2.75, 3.05) is 20.0 Å². The van der Waals surface area contributed by atoms with Crippen LogP contribution in [0.25, 0.3) is 0 Å². The van der Waals surface area contributed by atoms with Crippen molar-refractivity contribution < 1.29 is 8.42 Å². The Morgan fingerprint density at radius 3 is 2.33 bits per heavy atom. The summed E-state index contributed by atoms with van der Waals surface area (Å²) in [7, 11) is 0.383. The van der Waals surface area contributed by atoms with Crippen molar-refractivity contribution in [3.63, 3.8) is 0 Å². The summed E-state index contributed by atoms with van der Waals surface area (Å²) in [5.41, 5.74) is 0. The van der Waals surface area contributed by atoms with Gasteiger partial charge in [-0.15, -0.1) is 8.93 Å². The van der Waals surface area contributed by atoms with Crippen LogP contribution in [0.5, 0.6) is 0 Å². The smallest absolute Gasteiger partial charge is 0.232 e. The summed E-state index contributed by atoms with van der Waals surface area (Å²) in [5, 5.41) is 0.251. The van der Waals surface area contributed by atoms with Gasteiger partial charge in [-0.25, -0.2) is 8.42 Å². The topological polar surface area (TPSA) is 37.4 Å². The summed E-state index contributed by atoms with van der Waals surface area (Å²) in [6.45, 7) is 1.96. The summed E-state index contributed by atoms with van der Waals surface area (Å²) in [6, 6.07) is 0. The molecule has 0 aliphatic rings. The Morgan fingerprint density at radius 1 is 1.67 bits per heavy atom. The molecule has 0 fully saturated rings. The van der Waals surface area contributed by atoms with E-state index in [0.717, 1.165) is 10.6 Å². The summed E-state index contributed by atoms with van der Waals surface area (Å²) < 4.78 is 23.0. The Hall–Kier alpha value is 0.640. The van der Waals surface area contributed by atoms with E-state index in [1.54, 1.807) is 5.82 Å². The highest BCUT2D eigenvalue weighted by Gasteiger charge is 2.12. The second kappa shape index (κ2) is 4.76. The molecule has 0 aromatic heterocycles. The highest BCUT2D eigenvalue weighted by atomic mass is 35.5. The van der Waals surface area contributed by atoms with Crippen LogP contribution in [-0.2, 0) is 10.0 Å². The van der Waals surface area contributed by atoms with Crippen molar-refractivity contribution in [1.82, 2.24) is 4.31 Å². The van der Waals surface area contributed by atoms with E-state index in [-0.39, 0.29) is 5.16 Å². The van der Waals surface area contributed by atoms with E-state index in [1.807, 2.05) is 6.66 Å². The van der Waals surface area contributed by atoms with E-state index in [9.17, 15) is 8.42 Å². The predicted octanol–water partition coefficient (Wildman–Crippen LogP) is 1.82. The molecular formula is C5H12ClNO2P2S. The summed E-state index contributed by atoms with van der Waals surface area (Å²) in [6.07, 6.45) is 1.12. The maximum Gasteiger partial charge on any atom is 0.232 e. The third-order valence-electron chi connectivity index (χ3n) is 1.11. The largest absolute Gasteiger partial charge is 0.263 e. The number of nitrogens with zero attached hydrogens (tertiary/aromatic N) is 1. The second-order valence-corrected chi connectivity index (χ2v) is 8.78. The van der Waals surface area contributed by atoms with Crippen molar-refractivity contribution in [1.29, 1.82) is 0 Å². The minimum Gasteiger partial charge on any atom is -0.263 e. The summed E-state index contributed by atoms with van der Waals surface area (Å²) in [5.74, 6) is 1.71. The molecule has 0 aromatic rings. The van der Waals surface area contributed by atoms with Gasteiger partial charge >= 0.3 is 0 Å². The predicted molar refractivity (Wildman–Crippen MR) is 59.1 cm³/mol. The van der Waals surface area contributed by atoms with Crippen molar-refractivity contribution in [3.8, 4) is 0 Å². The van der Waals surface area contributed by atoms with E-state index in [0.29, 0.717) is 0 Å². The fourth-order valence-electron chi connectivity index (χ4n) is 0.408. The quantitative estimate of drug-likeness (QED) is 0.564. The average molecular weight is 248 g/mol. The molecule has 0 radical (unpaired) electrons. The van der Waals surface area contributed by atoms with Gasteiger partial charge < -0.3 is 0 Å². The molecule has 0 N–H and O–H groups in total. The first kappa shape index (κ1) is 12.6. The van der Waals surface area contributed by atoms with Gasteiger partial charge in [0.2, 0.25) is 10.0 Å². The molecule has 0 saturated carbocycles. The molecule has 0 saturated heterocycles. The summed E-state index contributed by atoms with van der Waals surface area (Å²) in [4.78, 5) is 0. The standard InChI is InChI=1S/C5H12ClNO2P2S/c1-7(12(3,8)9)5(6)4-11(2)10/h4H,10H2,1-3H3/b5-4-. The van der Waals surface area contributed by atoms with E-state index >= 15 is 0 Å². The molecule has 0 rings (SSSR count). The monoisotopic (exact) mass is 247 g/mol. The molecular weight excluding hydrogens is 236 g/mol. The highest BCUT2D eigenvalue weighted by Crippen LogP contribution is 2.43. The SMILES string of the molecule is CN(/C(Cl)=C\P(C)P)S(C)(=O)=O. The van der Waals surface area contributed by atoms with Crippen LogP contribution in [0.3, 0.4) is 0 Å². The first-order valence-electron chi connectivity index (χ1n) is 3.04. The van der Waals surface area contributed by atoms with Crippen LogP contribution in [0.4, 0.5) is 0 Å². The molecule has 0 amide bonds. The maximum absolute atomic E-state index is 11.0. The van der Waals surface area contributed by atoms with Crippen molar-refractivity contribution in [2.24, 2.45) is 0 Å². The molecule has 72 valence electrons. The molecule has 0 aliphatic heterocycles. The van der Waals surface area contributed by atoms with Gasteiger partial charge in [-0.2, -0.15) is 0 Å². The minimum absolute atomic E-state index is 0.251. The Kier molecular flexibility index (Phi) is 5.01. The molecule has 0 heterocycles. The highest BCUT2D eigenvalue weighted by molar-refractivity contribution is 8.14. The van der Waals surface area contributed by atoms with Gasteiger partial charge in [-0.05, 0) is 12.5 Å². The zero-order valence-electron chi connectivity index (χ0n) is 7.15. The molecule has 0 spiro atoms. The van der Waals surface area contributed by atoms with Gasteiger partial charge in [0.1, 0.15) is 5.16 Å². The average Bonchev–Trinajstić information content (AvgIpc) is 1.82. The molecule has 0 aromatic carbocycles. The number of hydrogen-bond acceptors (Lipinski definition) is 2. The zero-order chi connectivity index (χ0) is 9.94. The van der Waals surface area contributed by atoms with Crippen LogP contribution in [0, 0.1) is 0 Å². The first-order valence-corrected chi connectivity index (χ1v) is 8.74. The van der Waals surface area contributed by atoms with Gasteiger partial charge in [0.25, 0.3) is 0 Å². The Balaban J connectivity index is 4.62. The molecule has 0 aliphatic carbocycles. The molecule has 0 bridgehead atoms. The molecule has 3 nitrogen and oxygen atoms in total. The van der Waals surface area contributed by atoms with Gasteiger partial charge in [0.05, 0.1) is 6.26 Å². The third-order valence-corrected chi connectivity index (χ3v) is 4.01. The Labute approximate surface area is 82.1 Å². The number of hydrogen-bond donors (Lipinski definition) is 0. The lowest BCUT2D eigenvalue weighted by atomic mass is 11.0. The van der Waals surface area contributed by atoms with Gasteiger partial charge in [0.15, 0.2) is 0 Å². The van der Waals surface area contributed by atoms with Gasteiger partial charge in [-0.3, -0.25) is 4.31 Å². The van der Waals surface area contributed by atoms with E-state index in [4.69, 9.17) is 11.6 Å². The zero-order valence-corrected chi connectivity index (χ0v) is 10.8. The molecule has 7 heteroatoms. The lowest BCUT2D eigenvalue weighted by molar-refractivity contribution is 0.542. The normalized spacial score (nSPS) is 15.9. The molecule has 2 atom stereocenters. The fraction of sp³-hybridized carbons (Fsp3) is 0.600. The third kappa shape index (κ3) is 4.61. The Morgan fingerprint density at radius 2 is 2.08 bits per heavy atom. The number of rotatable bonds is 3. The minimum atomic E-state index is -3.21. The van der Waals surface area contributed by atoms with Crippen LogP contribution >= 0.6 is 28.1 Å². The maximum atomic E-state index is 11.0. The fourth-order valence-corrected chi connectivity index (χ4v) is 2.91. The van der Waals surface area contributed by atoms with Gasteiger partial charge in [0, 0.05) is 7.05 Å². The lowest BCUT2D eigenvalue weighted by Gasteiger charge is -2.15. The van der Waals surface area contributed by atoms with E-state index in [1.165, 1.54) is 7.05 Å². The van der Waals surface area contributed by atoms with Crippen LogP contribution in [0.15, 0.2) is 11.0 Å². The van der Waals surface area contributed by atoms with Crippen LogP contribution in [-0.4, -0.2) is 32.7 Å². The van der Waals surface area contributed by atoms with E-state index < -0.39 is 17.6 Å². The second-order valence-electron chi connectivity index (χ2n) is 2.35. The van der Waals surface area contributed by atoms with Crippen LogP contribution < -0.4 is 0 Å². The lowest BCUT2D eigenvalue weighted by Crippen LogP contribution is -2.22. The number of halogens is 1. The van der Waals surface area contributed by atoms with Crippen molar-refractivity contribution >= 4 is 38.2 Å². The molecule has 12 heavy (non-hydrogen) atoms. The van der Waals surface area contributed by atoms with Crippen molar-refractivity contribution in [3.05, 3.63) is 11.0 Å². The summed E-state index contributed by atoms with van der Waals surface area (Å²) >= 11 is 5.72. The van der Waals surface area contributed by atoms with Crippen LogP contribution in [0.1, 0.15) is 0 Å². The van der Waals surface area contributed by atoms with Crippen LogP contribution in [0.2, 0.25) is 0 Å². The van der Waals surface area contributed by atoms with Gasteiger partial charge in [-0.1, -0.05) is 19.2 Å². The Bertz CT molecular complexity index is 275. The molecule has 2 unspecified atom stereocenters. The number of sulfonamides is 1.